The molecule has 1 heterocycles. The van der Waals surface area contributed by atoms with Crippen LogP contribution < -0.4 is 5.32 Å². The maximum absolute atomic E-state index is 11.9. The summed E-state index contributed by atoms with van der Waals surface area (Å²) < 4.78 is 3.77. The summed E-state index contributed by atoms with van der Waals surface area (Å²) in [6.07, 6.45) is 0. The van der Waals surface area contributed by atoms with Crippen LogP contribution in [0, 0.1) is 0 Å². The van der Waals surface area contributed by atoms with Gasteiger partial charge in [-0.1, -0.05) is 25.3 Å². The zero-order valence-corrected chi connectivity index (χ0v) is 10.9. The summed E-state index contributed by atoms with van der Waals surface area (Å²) in [7, 11) is 0. The summed E-state index contributed by atoms with van der Waals surface area (Å²) in [5.74, 6) is -0.363. The van der Waals surface area contributed by atoms with E-state index in [9.17, 15) is 4.79 Å². The number of rotatable bonds is 4. The number of carbonyl (C=O) groups is 1. The van der Waals surface area contributed by atoms with Gasteiger partial charge in [0.15, 0.2) is 0 Å². The standard InChI is InChI=1S/C10H17N3O3S/c1-10(2,3)8-7(17-13-12-8)9(16)11-6(4-14)5-15/h6,14-15H,4-5H2,1-3H3,(H,11,16). The molecular weight excluding hydrogens is 242 g/mol. The number of aliphatic hydroxyl groups is 2. The molecule has 1 aromatic heterocycles. The van der Waals surface area contributed by atoms with Gasteiger partial charge in [-0.05, 0) is 11.5 Å². The van der Waals surface area contributed by atoms with Gasteiger partial charge in [-0.25, -0.2) is 0 Å². The number of hydrogen-bond acceptors (Lipinski definition) is 6. The van der Waals surface area contributed by atoms with E-state index in [1.54, 1.807) is 0 Å². The highest BCUT2D eigenvalue weighted by molar-refractivity contribution is 7.08. The Kier molecular flexibility index (Phi) is 4.55. The summed E-state index contributed by atoms with van der Waals surface area (Å²) in [4.78, 5) is 12.3. The highest BCUT2D eigenvalue weighted by Crippen LogP contribution is 2.25. The zero-order valence-electron chi connectivity index (χ0n) is 10.1. The van der Waals surface area contributed by atoms with Gasteiger partial charge in [-0.2, -0.15) is 0 Å². The summed E-state index contributed by atoms with van der Waals surface area (Å²) in [6, 6.07) is -0.655. The quantitative estimate of drug-likeness (QED) is 0.703. The van der Waals surface area contributed by atoms with Gasteiger partial charge >= 0.3 is 0 Å². The van der Waals surface area contributed by atoms with Gasteiger partial charge in [0, 0.05) is 5.41 Å². The van der Waals surface area contributed by atoms with E-state index in [4.69, 9.17) is 10.2 Å². The van der Waals surface area contributed by atoms with Crippen LogP contribution in [0.1, 0.15) is 36.1 Å². The third-order valence-electron chi connectivity index (χ3n) is 2.18. The lowest BCUT2D eigenvalue weighted by Gasteiger charge is -2.17. The number of hydrogen-bond donors (Lipinski definition) is 3. The molecule has 0 aliphatic carbocycles. The van der Waals surface area contributed by atoms with E-state index in [1.807, 2.05) is 20.8 Å². The predicted octanol–water partition coefficient (Wildman–Crippen LogP) is -0.0814. The number of aliphatic hydroxyl groups excluding tert-OH is 2. The lowest BCUT2D eigenvalue weighted by Crippen LogP contribution is -2.40. The van der Waals surface area contributed by atoms with Crippen LogP contribution in [0.4, 0.5) is 0 Å². The number of nitrogens with zero attached hydrogens (tertiary/aromatic N) is 2. The lowest BCUT2D eigenvalue weighted by atomic mass is 9.91. The topological polar surface area (TPSA) is 95.3 Å². The molecular formula is C10H17N3O3S. The van der Waals surface area contributed by atoms with Crippen LogP contribution in [0.25, 0.3) is 0 Å². The first kappa shape index (κ1) is 14.0. The molecule has 7 heteroatoms. The number of carbonyl (C=O) groups excluding carboxylic acids is 1. The fourth-order valence-corrected chi connectivity index (χ4v) is 2.01. The molecule has 0 saturated carbocycles. The molecule has 1 aromatic rings. The molecule has 0 radical (unpaired) electrons. The summed E-state index contributed by atoms with van der Waals surface area (Å²) in [6.45, 7) is 5.21. The van der Waals surface area contributed by atoms with Crippen LogP contribution in [0.5, 0.6) is 0 Å². The lowest BCUT2D eigenvalue weighted by molar-refractivity contribution is 0.0881. The SMILES string of the molecule is CC(C)(C)c1nnsc1C(=O)NC(CO)CO. The molecule has 3 N–H and O–H groups in total. The maximum Gasteiger partial charge on any atom is 0.265 e. The van der Waals surface area contributed by atoms with Crippen molar-refractivity contribution in [3.8, 4) is 0 Å². The Morgan fingerprint density at radius 2 is 2.00 bits per heavy atom. The van der Waals surface area contributed by atoms with Gasteiger partial charge in [0.2, 0.25) is 0 Å². The third-order valence-corrected chi connectivity index (χ3v) is 2.91. The fourth-order valence-electron chi connectivity index (χ4n) is 1.23. The largest absolute Gasteiger partial charge is 0.394 e. The van der Waals surface area contributed by atoms with Crippen molar-refractivity contribution < 1.29 is 15.0 Å². The molecule has 0 aliphatic heterocycles. The van der Waals surface area contributed by atoms with Gasteiger partial charge < -0.3 is 15.5 Å². The number of aromatic nitrogens is 2. The average Bonchev–Trinajstić information content (AvgIpc) is 2.73. The third kappa shape index (κ3) is 3.45. The van der Waals surface area contributed by atoms with E-state index >= 15 is 0 Å². The Morgan fingerprint density at radius 3 is 2.47 bits per heavy atom. The molecule has 17 heavy (non-hydrogen) atoms. The second-order valence-electron chi connectivity index (χ2n) is 4.74. The van der Waals surface area contributed by atoms with Crippen molar-refractivity contribution in [2.45, 2.75) is 32.2 Å². The van der Waals surface area contributed by atoms with Crippen molar-refractivity contribution >= 4 is 17.4 Å². The minimum absolute atomic E-state index is 0.270. The van der Waals surface area contributed by atoms with E-state index in [1.165, 1.54) is 0 Å². The molecule has 0 fully saturated rings. The monoisotopic (exact) mass is 259 g/mol. The smallest absolute Gasteiger partial charge is 0.265 e. The molecule has 0 aromatic carbocycles. The highest BCUT2D eigenvalue weighted by atomic mass is 32.1. The van der Waals surface area contributed by atoms with Gasteiger partial charge in [0.1, 0.15) is 4.88 Å². The van der Waals surface area contributed by atoms with Gasteiger partial charge in [-0.15, -0.1) is 5.10 Å². The summed E-state index contributed by atoms with van der Waals surface area (Å²) in [5, 5.41) is 24.3. The van der Waals surface area contributed by atoms with E-state index in [0.29, 0.717) is 10.6 Å². The van der Waals surface area contributed by atoms with Crippen LogP contribution in [0.3, 0.4) is 0 Å². The van der Waals surface area contributed by atoms with E-state index < -0.39 is 6.04 Å². The van der Waals surface area contributed by atoms with Gasteiger partial charge in [0.05, 0.1) is 24.9 Å². The summed E-state index contributed by atoms with van der Waals surface area (Å²) in [5.41, 5.74) is 0.350. The Hall–Kier alpha value is -1.05. The van der Waals surface area contributed by atoms with Crippen LogP contribution >= 0.6 is 11.5 Å². The van der Waals surface area contributed by atoms with Gasteiger partial charge in [0.25, 0.3) is 5.91 Å². The Bertz CT molecular complexity index is 382. The Morgan fingerprint density at radius 1 is 1.41 bits per heavy atom. The molecule has 1 rings (SSSR count). The van der Waals surface area contributed by atoms with Crippen molar-refractivity contribution in [1.82, 2.24) is 14.9 Å². The Balaban J connectivity index is 2.87. The highest BCUT2D eigenvalue weighted by Gasteiger charge is 2.27. The van der Waals surface area contributed by atoms with Crippen molar-refractivity contribution in [3.63, 3.8) is 0 Å². The minimum atomic E-state index is -0.655. The average molecular weight is 259 g/mol. The molecule has 0 atom stereocenters. The van der Waals surface area contributed by atoms with Crippen molar-refractivity contribution in [2.24, 2.45) is 0 Å². The first-order valence-corrected chi connectivity index (χ1v) is 6.03. The number of amides is 1. The van der Waals surface area contributed by atoms with Gasteiger partial charge in [-0.3, -0.25) is 4.79 Å². The molecule has 1 amide bonds. The van der Waals surface area contributed by atoms with Crippen LogP contribution in [0.15, 0.2) is 0 Å². The minimum Gasteiger partial charge on any atom is -0.394 e. The predicted molar refractivity (Wildman–Crippen MR) is 64.0 cm³/mol. The molecule has 0 unspecified atom stereocenters. The zero-order chi connectivity index (χ0) is 13.1. The fraction of sp³-hybridized carbons (Fsp3) is 0.700. The van der Waals surface area contributed by atoms with Crippen LogP contribution in [-0.4, -0.2) is 45.0 Å². The van der Waals surface area contributed by atoms with E-state index in [2.05, 4.69) is 14.9 Å². The number of nitrogens with one attached hydrogen (secondary N) is 1. The normalized spacial score (nSPS) is 11.9. The van der Waals surface area contributed by atoms with Crippen LogP contribution in [-0.2, 0) is 5.41 Å². The van der Waals surface area contributed by atoms with E-state index in [-0.39, 0.29) is 24.5 Å². The van der Waals surface area contributed by atoms with Crippen molar-refractivity contribution in [1.29, 1.82) is 0 Å². The first-order valence-electron chi connectivity index (χ1n) is 5.25. The molecule has 0 aliphatic rings. The molecule has 0 saturated heterocycles. The molecule has 0 spiro atoms. The Labute approximate surface area is 104 Å². The molecule has 6 nitrogen and oxygen atoms in total. The molecule has 0 bridgehead atoms. The second kappa shape index (κ2) is 5.52. The molecule has 96 valence electrons. The van der Waals surface area contributed by atoms with E-state index in [0.717, 1.165) is 11.5 Å². The van der Waals surface area contributed by atoms with Crippen molar-refractivity contribution in [2.75, 3.05) is 13.2 Å². The van der Waals surface area contributed by atoms with Crippen molar-refractivity contribution in [3.05, 3.63) is 10.6 Å². The van der Waals surface area contributed by atoms with Crippen LogP contribution in [0.2, 0.25) is 0 Å². The maximum atomic E-state index is 11.9. The first-order chi connectivity index (χ1) is 7.90. The second-order valence-corrected chi connectivity index (χ2v) is 5.49. The summed E-state index contributed by atoms with van der Waals surface area (Å²) >= 11 is 1.01.